The molecule has 21 heavy (non-hydrogen) atoms. The molecule has 1 unspecified atom stereocenters. The molecule has 0 amide bonds. The number of methoxy groups -OCH3 is 2. The van der Waals surface area contributed by atoms with Gasteiger partial charge in [0.25, 0.3) is 0 Å². The Bertz CT molecular complexity index is 586. The minimum Gasteiger partial charge on any atom is -0.468 e. The molecule has 1 aromatic rings. The number of carbonyl (C=O) groups excluding carboxylic acids is 2. The summed E-state index contributed by atoms with van der Waals surface area (Å²) in [5.41, 5.74) is 3.29. The normalized spacial score (nSPS) is 16.1. The molecule has 4 heteroatoms. The summed E-state index contributed by atoms with van der Waals surface area (Å²) in [5.74, 6) is -1.60. The van der Waals surface area contributed by atoms with E-state index >= 15 is 0 Å². The van der Waals surface area contributed by atoms with Gasteiger partial charge in [0.1, 0.15) is 5.92 Å². The first kappa shape index (κ1) is 15.3. The molecule has 0 aliphatic heterocycles. The number of rotatable bonds is 5. The highest BCUT2D eigenvalue weighted by molar-refractivity contribution is 6.06. The Hall–Kier alpha value is -2.10. The summed E-state index contributed by atoms with van der Waals surface area (Å²) in [7, 11) is 2.65. The van der Waals surface area contributed by atoms with E-state index in [2.05, 4.69) is 6.92 Å². The summed E-state index contributed by atoms with van der Waals surface area (Å²) in [6.45, 7) is 2.14. The van der Waals surface area contributed by atoms with Gasteiger partial charge in [-0.1, -0.05) is 31.5 Å². The summed E-state index contributed by atoms with van der Waals surface area (Å²) in [5, 5.41) is 0. The molecule has 0 heterocycles. The number of hydrogen-bond donors (Lipinski definition) is 0. The van der Waals surface area contributed by atoms with Crippen molar-refractivity contribution in [3.63, 3.8) is 0 Å². The van der Waals surface area contributed by atoms with Gasteiger partial charge in [0.15, 0.2) is 0 Å². The van der Waals surface area contributed by atoms with E-state index in [1.54, 1.807) is 6.08 Å². The van der Waals surface area contributed by atoms with Crippen LogP contribution in [0.2, 0.25) is 0 Å². The highest BCUT2D eigenvalue weighted by atomic mass is 16.5. The van der Waals surface area contributed by atoms with Crippen molar-refractivity contribution in [2.75, 3.05) is 14.2 Å². The Balaban J connectivity index is 2.48. The maximum Gasteiger partial charge on any atom is 0.334 e. The molecule has 1 aromatic carbocycles. The first-order chi connectivity index (χ1) is 10.1. The molecule has 0 saturated heterocycles. The second kappa shape index (κ2) is 6.57. The fourth-order valence-corrected chi connectivity index (χ4v) is 2.72. The van der Waals surface area contributed by atoms with Crippen molar-refractivity contribution in [2.24, 2.45) is 0 Å². The first-order valence-corrected chi connectivity index (χ1v) is 7.13. The molecule has 0 spiro atoms. The lowest BCUT2D eigenvalue weighted by Gasteiger charge is -2.14. The average molecular weight is 288 g/mol. The Kier molecular flexibility index (Phi) is 4.78. The molecule has 112 valence electrons. The number of unbranched alkanes of at least 4 members (excludes halogenated alkanes) is 1. The lowest BCUT2D eigenvalue weighted by Crippen LogP contribution is -2.19. The standard InChI is InChI=1S/C17H20O4/c1-4-5-7-11-8-6-9-12-13(11)10-14(16(18)20-2)15(12)17(19)21-3/h6,8-10,15H,4-5,7H2,1-3H3. The zero-order valence-electron chi connectivity index (χ0n) is 12.6. The molecule has 0 radical (unpaired) electrons. The van der Waals surface area contributed by atoms with Crippen LogP contribution in [0.15, 0.2) is 23.8 Å². The van der Waals surface area contributed by atoms with Gasteiger partial charge in [-0.2, -0.15) is 0 Å². The third-order valence-corrected chi connectivity index (χ3v) is 3.81. The summed E-state index contributed by atoms with van der Waals surface area (Å²) in [6.07, 6.45) is 4.87. The molecular weight excluding hydrogens is 268 g/mol. The van der Waals surface area contributed by atoms with Gasteiger partial charge in [-0.3, -0.25) is 4.79 Å². The highest BCUT2D eigenvalue weighted by Crippen LogP contribution is 2.39. The van der Waals surface area contributed by atoms with E-state index in [9.17, 15) is 9.59 Å². The summed E-state index contributed by atoms with van der Waals surface area (Å²) < 4.78 is 9.65. The Morgan fingerprint density at radius 2 is 1.95 bits per heavy atom. The zero-order chi connectivity index (χ0) is 15.4. The van der Waals surface area contributed by atoms with E-state index in [1.165, 1.54) is 14.2 Å². The molecule has 0 N–H and O–H groups in total. The molecule has 1 aliphatic carbocycles. The number of hydrogen-bond acceptors (Lipinski definition) is 4. The van der Waals surface area contributed by atoms with Crippen LogP contribution in [0.1, 0.15) is 42.4 Å². The fourth-order valence-electron chi connectivity index (χ4n) is 2.72. The van der Waals surface area contributed by atoms with Crippen molar-refractivity contribution in [1.82, 2.24) is 0 Å². The topological polar surface area (TPSA) is 52.6 Å². The number of fused-ring (bicyclic) bond motifs is 1. The van der Waals surface area contributed by atoms with Gasteiger partial charge in [-0.15, -0.1) is 0 Å². The number of carbonyl (C=O) groups is 2. The van der Waals surface area contributed by atoms with Crippen LogP contribution < -0.4 is 0 Å². The van der Waals surface area contributed by atoms with E-state index in [1.807, 2.05) is 18.2 Å². The van der Waals surface area contributed by atoms with Gasteiger partial charge in [-0.25, -0.2) is 4.79 Å². The third-order valence-electron chi connectivity index (χ3n) is 3.81. The summed E-state index contributed by atoms with van der Waals surface area (Å²) >= 11 is 0. The van der Waals surface area contributed by atoms with Gasteiger partial charge in [-0.05, 0) is 35.6 Å². The quantitative estimate of drug-likeness (QED) is 0.782. The maximum atomic E-state index is 12.1. The monoisotopic (exact) mass is 288 g/mol. The zero-order valence-corrected chi connectivity index (χ0v) is 12.6. The van der Waals surface area contributed by atoms with E-state index in [0.29, 0.717) is 5.57 Å². The van der Waals surface area contributed by atoms with Crippen LogP contribution in [0.3, 0.4) is 0 Å². The van der Waals surface area contributed by atoms with Crippen molar-refractivity contribution in [2.45, 2.75) is 32.1 Å². The van der Waals surface area contributed by atoms with Crippen molar-refractivity contribution in [1.29, 1.82) is 0 Å². The first-order valence-electron chi connectivity index (χ1n) is 7.13. The van der Waals surface area contributed by atoms with Crippen LogP contribution in [0.4, 0.5) is 0 Å². The highest BCUT2D eigenvalue weighted by Gasteiger charge is 2.37. The fraction of sp³-hybridized carbons (Fsp3) is 0.412. The predicted molar refractivity (Wildman–Crippen MR) is 79.8 cm³/mol. The van der Waals surface area contributed by atoms with Gasteiger partial charge in [0.2, 0.25) is 0 Å². The van der Waals surface area contributed by atoms with Gasteiger partial charge in [0, 0.05) is 0 Å². The Labute approximate surface area is 124 Å². The lowest BCUT2D eigenvalue weighted by molar-refractivity contribution is -0.144. The predicted octanol–water partition coefficient (Wildman–Crippen LogP) is 2.86. The van der Waals surface area contributed by atoms with Crippen LogP contribution in [0, 0.1) is 0 Å². The van der Waals surface area contributed by atoms with Crippen LogP contribution in [0.5, 0.6) is 0 Å². The maximum absolute atomic E-state index is 12.1. The van der Waals surface area contributed by atoms with Gasteiger partial charge >= 0.3 is 11.9 Å². The number of aryl methyl sites for hydroxylation is 1. The molecular formula is C17H20O4. The molecule has 1 atom stereocenters. The second-order valence-electron chi connectivity index (χ2n) is 5.07. The average Bonchev–Trinajstić information content (AvgIpc) is 2.91. The van der Waals surface area contributed by atoms with E-state index < -0.39 is 17.9 Å². The van der Waals surface area contributed by atoms with E-state index in [4.69, 9.17) is 9.47 Å². The van der Waals surface area contributed by atoms with Crippen molar-refractivity contribution in [3.05, 3.63) is 40.5 Å². The number of esters is 2. The molecule has 2 rings (SSSR count). The molecule has 0 saturated carbocycles. The molecule has 0 fully saturated rings. The Morgan fingerprint density at radius 3 is 2.57 bits per heavy atom. The third kappa shape index (κ3) is 2.84. The lowest BCUT2D eigenvalue weighted by atomic mass is 9.93. The van der Waals surface area contributed by atoms with Crippen molar-refractivity contribution >= 4 is 18.0 Å². The van der Waals surface area contributed by atoms with Crippen LogP contribution >= 0.6 is 0 Å². The number of benzene rings is 1. The van der Waals surface area contributed by atoms with Crippen molar-refractivity contribution < 1.29 is 19.1 Å². The SMILES string of the molecule is CCCCc1cccc2c1C=C(C(=O)OC)C2C(=O)OC. The van der Waals surface area contributed by atoms with Crippen molar-refractivity contribution in [3.8, 4) is 0 Å². The van der Waals surface area contributed by atoms with Crippen LogP contribution in [0.25, 0.3) is 6.08 Å². The van der Waals surface area contributed by atoms with Gasteiger partial charge < -0.3 is 9.47 Å². The van der Waals surface area contributed by atoms with Crippen LogP contribution in [-0.4, -0.2) is 26.2 Å². The van der Waals surface area contributed by atoms with E-state index in [0.717, 1.165) is 36.0 Å². The minimum atomic E-state index is -0.681. The molecule has 4 nitrogen and oxygen atoms in total. The largest absolute Gasteiger partial charge is 0.468 e. The minimum absolute atomic E-state index is 0.350. The second-order valence-corrected chi connectivity index (χ2v) is 5.07. The van der Waals surface area contributed by atoms with Crippen LogP contribution in [-0.2, 0) is 25.5 Å². The number of ether oxygens (including phenoxy) is 2. The Morgan fingerprint density at radius 1 is 1.19 bits per heavy atom. The molecule has 1 aliphatic rings. The molecule has 0 bridgehead atoms. The summed E-state index contributed by atoms with van der Waals surface area (Å²) in [4.78, 5) is 24.0. The molecule has 0 aromatic heterocycles. The van der Waals surface area contributed by atoms with Gasteiger partial charge in [0.05, 0.1) is 19.8 Å². The van der Waals surface area contributed by atoms with E-state index in [-0.39, 0.29) is 0 Å². The summed E-state index contributed by atoms with van der Waals surface area (Å²) in [6, 6.07) is 5.84. The smallest absolute Gasteiger partial charge is 0.334 e.